The van der Waals surface area contributed by atoms with Gasteiger partial charge in [-0.05, 0) is 42.8 Å². The van der Waals surface area contributed by atoms with Gasteiger partial charge in [0.1, 0.15) is 5.82 Å². The Morgan fingerprint density at radius 3 is 3.00 bits per heavy atom. The number of hydrogen-bond donors (Lipinski definition) is 1. The molecule has 0 radical (unpaired) electrons. The summed E-state index contributed by atoms with van der Waals surface area (Å²) in [6.45, 7) is 0.991. The van der Waals surface area contributed by atoms with Gasteiger partial charge in [-0.3, -0.25) is 0 Å². The van der Waals surface area contributed by atoms with Crippen molar-refractivity contribution >= 4 is 29.1 Å². The summed E-state index contributed by atoms with van der Waals surface area (Å²) in [7, 11) is 0. The van der Waals surface area contributed by atoms with Crippen LogP contribution in [0.1, 0.15) is 25.1 Å². The number of nitrogens with zero attached hydrogens (tertiary/aromatic N) is 3. The van der Waals surface area contributed by atoms with Gasteiger partial charge >= 0.3 is 0 Å². The van der Waals surface area contributed by atoms with Crippen LogP contribution in [-0.4, -0.2) is 14.8 Å². The highest BCUT2D eigenvalue weighted by Crippen LogP contribution is 2.34. The molecule has 2 heterocycles. The van der Waals surface area contributed by atoms with E-state index in [1.54, 1.807) is 6.07 Å². The third-order valence-corrected chi connectivity index (χ3v) is 4.55. The second-order valence-electron chi connectivity index (χ2n) is 4.65. The molecule has 1 aliphatic heterocycles. The van der Waals surface area contributed by atoms with Crippen LogP contribution in [0.5, 0.6) is 0 Å². The first-order chi connectivity index (χ1) is 9.24. The minimum atomic E-state index is 0.687. The third kappa shape index (κ3) is 2.72. The number of rotatable bonds is 2. The predicted molar refractivity (Wildman–Crippen MR) is 77.6 cm³/mol. The summed E-state index contributed by atoms with van der Waals surface area (Å²) in [5.41, 5.74) is 6.70. The van der Waals surface area contributed by atoms with E-state index >= 15 is 0 Å². The fourth-order valence-electron chi connectivity index (χ4n) is 2.23. The van der Waals surface area contributed by atoms with Crippen molar-refractivity contribution in [3.63, 3.8) is 0 Å². The lowest BCUT2D eigenvalue weighted by atomic mass is 10.2. The van der Waals surface area contributed by atoms with Gasteiger partial charge < -0.3 is 10.3 Å². The molecule has 0 amide bonds. The maximum atomic E-state index is 6.01. The maximum absolute atomic E-state index is 6.01. The van der Waals surface area contributed by atoms with Gasteiger partial charge in [0.15, 0.2) is 5.16 Å². The van der Waals surface area contributed by atoms with Gasteiger partial charge in [0.25, 0.3) is 0 Å². The van der Waals surface area contributed by atoms with E-state index in [4.69, 9.17) is 17.3 Å². The molecule has 6 heteroatoms. The minimum Gasteiger partial charge on any atom is -0.398 e. The van der Waals surface area contributed by atoms with E-state index in [1.165, 1.54) is 31.0 Å². The van der Waals surface area contributed by atoms with Crippen molar-refractivity contribution in [1.82, 2.24) is 14.8 Å². The highest BCUT2D eigenvalue weighted by Gasteiger charge is 2.16. The first kappa shape index (κ1) is 12.8. The Bertz CT molecular complexity index is 596. The Balaban J connectivity index is 1.91. The number of anilines is 1. The number of nitrogen functional groups attached to an aromatic ring is 1. The molecule has 1 aromatic heterocycles. The van der Waals surface area contributed by atoms with E-state index in [-0.39, 0.29) is 0 Å². The lowest BCUT2D eigenvalue weighted by Gasteiger charge is -2.08. The van der Waals surface area contributed by atoms with Crippen LogP contribution in [0.25, 0.3) is 0 Å². The van der Waals surface area contributed by atoms with Gasteiger partial charge in [-0.1, -0.05) is 18.0 Å². The molecule has 0 spiro atoms. The van der Waals surface area contributed by atoms with Crippen molar-refractivity contribution in [1.29, 1.82) is 0 Å². The molecule has 1 aliphatic rings. The van der Waals surface area contributed by atoms with Crippen LogP contribution in [0.2, 0.25) is 5.02 Å². The molecule has 0 fully saturated rings. The van der Waals surface area contributed by atoms with Gasteiger partial charge in [-0.2, -0.15) is 0 Å². The lowest BCUT2D eigenvalue weighted by molar-refractivity contribution is 0.591. The van der Waals surface area contributed by atoms with Crippen LogP contribution in [0.15, 0.2) is 28.3 Å². The molecule has 0 saturated carbocycles. The van der Waals surface area contributed by atoms with Crippen molar-refractivity contribution in [2.75, 3.05) is 5.73 Å². The zero-order valence-corrected chi connectivity index (χ0v) is 12.0. The topological polar surface area (TPSA) is 56.7 Å². The Morgan fingerprint density at radius 1 is 1.21 bits per heavy atom. The number of nitrogens with two attached hydrogens (primary N) is 1. The van der Waals surface area contributed by atoms with Gasteiger partial charge in [-0.25, -0.2) is 0 Å². The Kier molecular flexibility index (Phi) is 3.66. The lowest BCUT2D eigenvalue weighted by Crippen LogP contribution is -2.02. The van der Waals surface area contributed by atoms with Crippen molar-refractivity contribution in [3.05, 3.63) is 29.0 Å². The fraction of sp³-hybridized carbons (Fsp3) is 0.385. The van der Waals surface area contributed by atoms with E-state index < -0.39 is 0 Å². The van der Waals surface area contributed by atoms with Crippen LogP contribution in [-0.2, 0) is 13.0 Å². The normalized spacial score (nSPS) is 15.0. The highest BCUT2D eigenvalue weighted by atomic mass is 35.5. The maximum Gasteiger partial charge on any atom is 0.196 e. The Hall–Kier alpha value is -1.20. The largest absolute Gasteiger partial charge is 0.398 e. The van der Waals surface area contributed by atoms with E-state index in [2.05, 4.69) is 14.8 Å². The second kappa shape index (κ2) is 5.43. The molecule has 0 atom stereocenters. The van der Waals surface area contributed by atoms with Crippen LogP contribution in [0, 0.1) is 0 Å². The van der Waals surface area contributed by atoms with E-state index in [9.17, 15) is 0 Å². The molecule has 3 rings (SSSR count). The zero-order valence-electron chi connectivity index (χ0n) is 10.5. The zero-order chi connectivity index (χ0) is 13.2. The molecule has 1 aromatic carbocycles. The average Bonchev–Trinajstić information content (AvgIpc) is 2.62. The number of halogens is 1. The number of hydrogen-bond acceptors (Lipinski definition) is 4. The molecule has 2 aromatic rings. The van der Waals surface area contributed by atoms with Gasteiger partial charge in [0.05, 0.1) is 0 Å². The van der Waals surface area contributed by atoms with Gasteiger partial charge in [-0.15, -0.1) is 10.2 Å². The van der Waals surface area contributed by atoms with Crippen molar-refractivity contribution in [2.45, 2.75) is 42.3 Å². The standard InChI is InChI=1S/C13H15ClN4S/c14-9-5-6-10(15)11(8-9)19-13-17-16-12-4-2-1-3-7-18(12)13/h5-6,8H,1-4,7,15H2. The molecular formula is C13H15ClN4S. The molecule has 2 N–H and O–H groups in total. The van der Waals surface area contributed by atoms with Crippen molar-refractivity contribution < 1.29 is 0 Å². The van der Waals surface area contributed by atoms with Crippen LogP contribution in [0.3, 0.4) is 0 Å². The van der Waals surface area contributed by atoms with Gasteiger partial charge in [0, 0.05) is 28.6 Å². The van der Waals surface area contributed by atoms with Crippen LogP contribution in [0.4, 0.5) is 5.69 Å². The van der Waals surface area contributed by atoms with Crippen molar-refractivity contribution in [3.8, 4) is 0 Å². The summed E-state index contributed by atoms with van der Waals surface area (Å²) in [5, 5.41) is 10.2. The SMILES string of the molecule is Nc1ccc(Cl)cc1Sc1nnc2n1CCCCC2. The number of fused-ring (bicyclic) bond motifs is 1. The second-order valence-corrected chi connectivity index (χ2v) is 6.09. The predicted octanol–water partition coefficient (Wildman–Crippen LogP) is 3.39. The minimum absolute atomic E-state index is 0.687. The average molecular weight is 295 g/mol. The quantitative estimate of drug-likeness (QED) is 0.863. The first-order valence-corrected chi connectivity index (χ1v) is 7.58. The molecule has 19 heavy (non-hydrogen) atoms. The fourth-order valence-corrected chi connectivity index (χ4v) is 3.42. The molecule has 0 bridgehead atoms. The number of benzene rings is 1. The van der Waals surface area contributed by atoms with E-state index in [0.717, 1.165) is 34.5 Å². The Labute approximate surface area is 121 Å². The van der Waals surface area contributed by atoms with Crippen LogP contribution >= 0.6 is 23.4 Å². The Morgan fingerprint density at radius 2 is 2.11 bits per heavy atom. The summed E-state index contributed by atoms with van der Waals surface area (Å²) in [6, 6.07) is 5.50. The van der Waals surface area contributed by atoms with Gasteiger partial charge in [0.2, 0.25) is 0 Å². The molecule has 100 valence electrons. The first-order valence-electron chi connectivity index (χ1n) is 6.39. The molecule has 0 aliphatic carbocycles. The number of aromatic nitrogens is 3. The summed E-state index contributed by atoms with van der Waals surface area (Å²) >= 11 is 7.55. The molecule has 0 unspecified atom stereocenters. The molecule has 0 saturated heterocycles. The van der Waals surface area contributed by atoms with Crippen molar-refractivity contribution in [2.24, 2.45) is 0 Å². The molecular weight excluding hydrogens is 280 g/mol. The summed E-state index contributed by atoms with van der Waals surface area (Å²) in [6.07, 6.45) is 4.65. The summed E-state index contributed by atoms with van der Waals surface area (Å²) in [4.78, 5) is 0.937. The molecule has 4 nitrogen and oxygen atoms in total. The highest BCUT2D eigenvalue weighted by molar-refractivity contribution is 7.99. The summed E-state index contributed by atoms with van der Waals surface area (Å²) < 4.78 is 2.21. The monoisotopic (exact) mass is 294 g/mol. The summed E-state index contributed by atoms with van der Waals surface area (Å²) in [5.74, 6) is 1.08. The van der Waals surface area contributed by atoms with Crippen LogP contribution < -0.4 is 5.73 Å². The third-order valence-electron chi connectivity index (χ3n) is 3.25. The van der Waals surface area contributed by atoms with E-state index in [1.807, 2.05) is 12.1 Å². The smallest absolute Gasteiger partial charge is 0.196 e. The van der Waals surface area contributed by atoms with E-state index in [0.29, 0.717) is 5.02 Å². The number of aryl methyl sites for hydroxylation is 1.